The molecule has 0 fully saturated rings. The van der Waals surface area contributed by atoms with Gasteiger partial charge in [-0.05, 0) is 0 Å². The van der Waals surface area contributed by atoms with Crippen LogP contribution in [0.15, 0.2) is 0 Å². The Labute approximate surface area is 55.5 Å². The molecule has 0 aromatic carbocycles. The van der Waals surface area contributed by atoms with Gasteiger partial charge >= 0.3 is 55.2 Å². The van der Waals surface area contributed by atoms with Gasteiger partial charge in [-0.2, -0.15) is 0 Å². The van der Waals surface area contributed by atoms with Gasteiger partial charge in [0.2, 0.25) is 0 Å². The van der Waals surface area contributed by atoms with Crippen molar-refractivity contribution < 1.29 is 6.15 Å². The summed E-state index contributed by atoms with van der Waals surface area (Å²) in [5.41, 5.74) is 0. The van der Waals surface area contributed by atoms with E-state index in [-0.39, 0.29) is 0 Å². The van der Waals surface area contributed by atoms with Crippen molar-refractivity contribution in [2.45, 2.75) is 13.8 Å². The van der Waals surface area contributed by atoms with Gasteiger partial charge in [0.1, 0.15) is 0 Å². The molecule has 0 aliphatic heterocycles. The van der Waals surface area contributed by atoms with Crippen molar-refractivity contribution in [1.82, 2.24) is 0 Å². The molecule has 0 aromatic rings. The second kappa shape index (κ2) is 6.72. The zero-order valence-corrected chi connectivity index (χ0v) is 8.10. The van der Waals surface area contributed by atoms with Crippen LogP contribution in [0.1, 0.15) is 13.8 Å². The van der Waals surface area contributed by atoms with Gasteiger partial charge in [-0.1, -0.05) is 0 Å². The first kappa shape index (κ1) is 7.72. The zero-order valence-electron chi connectivity index (χ0n) is 4.81. The summed E-state index contributed by atoms with van der Waals surface area (Å²) in [6.07, 6.45) is 0. The van der Waals surface area contributed by atoms with Gasteiger partial charge in [-0.3, -0.25) is 0 Å². The van der Waals surface area contributed by atoms with E-state index >= 15 is 0 Å². The third kappa shape index (κ3) is 6.72. The Morgan fingerprint density at radius 3 is 1.86 bits per heavy atom. The van der Waals surface area contributed by atoms with E-state index in [1.165, 1.54) is 0 Å². The van der Waals surface area contributed by atoms with E-state index in [0.717, 1.165) is 13.2 Å². The van der Waals surface area contributed by atoms with Crippen molar-refractivity contribution in [3.8, 4) is 0 Å². The topological polar surface area (TPSA) is 18.5 Å². The summed E-state index contributed by atoms with van der Waals surface area (Å²) in [7, 11) is 0. The molecular weight excluding hydrogens is 199 g/mol. The summed E-state index contributed by atoms with van der Waals surface area (Å²) < 4.78 is 10.1. The molecule has 0 saturated heterocycles. The maximum atomic E-state index is 5.04. The fraction of sp³-hybridized carbons (Fsp3) is 1.00. The Bertz CT molecular complexity index is 28.9. The van der Waals surface area contributed by atoms with Crippen LogP contribution in [0.25, 0.3) is 0 Å². The first-order chi connectivity index (χ1) is 3.41. The normalized spacial score (nSPS) is 9.43. The number of hydrogen-bond donors (Lipinski definition) is 0. The monoisotopic (exact) mass is 211 g/mol. The molecule has 0 N–H and O–H groups in total. The molecule has 0 aromatic heterocycles. The Morgan fingerprint density at radius 1 is 1.14 bits per heavy atom. The van der Waals surface area contributed by atoms with Crippen LogP contribution in [-0.2, 0) is 6.15 Å². The van der Waals surface area contributed by atoms with E-state index in [0.29, 0.717) is 0 Å². The van der Waals surface area contributed by atoms with E-state index in [4.69, 9.17) is 6.15 Å². The average molecular weight is 210 g/mol. The molecule has 3 heteroatoms. The van der Waals surface area contributed by atoms with E-state index < -0.39 is 22.0 Å². The van der Waals surface area contributed by atoms with Crippen molar-refractivity contribution in [2.24, 2.45) is 0 Å². The van der Waals surface area contributed by atoms with Gasteiger partial charge in [0.05, 0.1) is 0 Å². The Morgan fingerprint density at radius 2 is 1.57 bits per heavy atom. The third-order valence-electron chi connectivity index (χ3n) is 0.469. The summed E-state index contributed by atoms with van der Waals surface area (Å²) in [6, 6.07) is 0. The van der Waals surface area contributed by atoms with Gasteiger partial charge in [0, 0.05) is 0 Å². The SMILES string of the molecule is CC[O][SnH][O]CC. The van der Waals surface area contributed by atoms with Crippen LogP contribution < -0.4 is 0 Å². The van der Waals surface area contributed by atoms with E-state index in [1.54, 1.807) is 0 Å². The number of rotatable bonds is 4. The molecule has 0 aliphatic rings. The minimum atomic E-state index is -0.966. The molecule has 0 amide bonds. The molecule has 0 saturated carbocycles. The molecule has 0 atom stereocenters. The Balaban J connectivity index is 2.45. The summed E-state index contributed by atoms with van der Waals surface area (Å²) in [5.74, 6) is 0. The molecule has 7 heavy (non-hydrogen) atoms. The number of hydrogen-bond acceptors (Lipinski definition) is 2. The average Bonchev–Trinajstić information content (AvgIpc) is 1.69. The summed E-state index contributed by atoms with van der Waals surface area (Å²) in [6.45, 7) is 5.62. The molecule has 0 unspecified atom stereocenters. The van der Waals surface area contributed by atoms with Gasteiger partial charge in [-0.25, -0.2) is 0 Å². The standard InChI is InChI=1S/2C2H5O.Sn.H/c2*1-2-3;;/h2*2H2,1H3;;/q2*-1;+2;. The summed E-state index contributed by atoms with van der Waals surface area (Å²) in [4.78, 5) is 0. The van der Waals surface area contributed by atoms with Crippen molar-refractivity contribution in [3.63, 3.8) is 0 Å². The van der Waals surface area contributed by atoms with Crippen LogP contribution in [0.3, 0.4) is 0 Å². The molecule has 43 valence electrons. The van der Waals surface area contributed by atoms with Crippen LogP contribution in [0, 0.1) is 0 Å². The third-order valence-corrected chi connectivity index (χ3v) is 3.15. The maximum absolute atomic E-state index is 5.04. The molecular formula is C4H11O2Sn. The van der Waals surface area contributed by atoms with Gasteiger partial charge < -0.3 is 0 Å². The zero-order chi connectivity index (χ0) is 5.54. The first-order valence-corrected chi connectivity index (χ1v) is 5.15. The second-order valence-electron chi connectivity index (χ2n) is 1.01. The molecule has 0 rings (SSSR count). The minimum absolute atomic E-state index is 0.821. The van der Waals surface area contributed by atoms with Crippen molar-refractivity contribution >= 4 is 22.0 Å². The predicted octanol–water partition coefficient (Wildman–Crippen LogP) is 0.326. The first-order valence-electron chi connectivity index (χ1n) is 2.46. The molecule has 2 nitrogen and oxygen atoms in total. The van der Waals surface area contributed by atoms with E-state index in [9.17, 15) is 0 Å². The molecule has 0 aliphatic carbocycles. The van der Waals surface area contributed by atoms with Crippen molar-refractivity contribution in [3.05, 3.63) is 0 Å². The van der Waals surface area contributed by atoms with Crippen LogP contribution in [0.2, 0.25) is 0 Å². The van der Waals surface area contributed by atoms with E-state index in [1.807, 2.05) is 13.8 Å². The quantitative estimate of drug-likeness (QED) is 0.491. The van der Waals surface area contributed by atoms with Crippen LogP contribution in [0.4, 0.5) is 0 Å². The van der Waals surface area contributed by atoms with Crippen LogP contribution in [0.5, 0.6) is 0 Å². The van der Waals surface area contributed by atoms with Crippen LogP contribution >= 0.6 is 0 Å². The Hall–Kier alpha value is 0.719. The summed E-state index contributed by atoms with van der Waals surface area (Å²) in [5, 5.41) is 0. The molecule has 1 radical (unpaired) electrons. The van der Waals surface area contributed by atoms with Crippen molar-refractivity contribution in [2.75, 3.05) is 13.2 Å². The second-order valence-corrected chi connectivity index (χ2v) is 3.46. The van der Waals surface area contributed by atoms with Crippen LogP contribution in [-0.4, -0.2) is 35.2 Å². The predicted molar refractivity (Wildman–Crippen MR) is 30.4 cm³/mol. The van der Waals surface area contributed by atoms with E-state index in [2.05, 4.69) is 0 Å². The Kier molecular flexibility index (Phi) is 7.41. The summed E-state index contributed by atoms with van der Waals surface area (Å²) >= 11 is -0.966. The fourth-order valence-corrected chi connectivity index (χ4v) is 1.24. The molecule has 0 spiro atoms. The van der Waals surface area contributed by atoms with Gasteiger partial charge in [0.15, 0.2) is 0 Å². The fourth-order valence-electron chi connectivity index (χ4n) is 0.184. The van der Waals surface area contributed by atoms with Crippen molar-refractivity contribution in [1.29, 1.82) is 0 Å². The van der Waals surface area contributed by atoms with Gasteiger partial charge in [-0.15, -0.1) is 0 Å². The molecule has 0 heterocycles. The van der Waals surface area contributed by atoms with Gasteiger partial charge in [0.25, 0.3) is 0 Å². The molecule has 0 bridgehead atoms.